The largest absolute Gasteiger partial charge is 0.316 e. The molecule has 0 aromatic heterocycles. The molecular formula is C13H20BrClN2O2S. The molecule has 7 heteroatoms. The Labute approximate surface area is 135 Å². The van der Waals surface area contributed by atoms with E-state index in [0.29, 0.717) is 11.4 Å². The van der Waals surface area contributed by atoms with Gasteiger partial charge in [-0.05, 0) is 49.1 Å². The molecule has 0 amide bonds. The van der Waals surface area contributed by atoms with Crippen LogP contribution in [0.5, 0.6) is 0 Å². The van der Waals surface area contributed by atoms with Crippen molar-refractivity contribution in [1.29, 1.82) is 0 Å². The standard InChI is InChI=1S/C13H19BrN2O2S.ClH/c1-13(7-2-8-15-9-13)10-16-19(17,18)12-5-3-11(14)4-6-12;/h3-6,15-16H,2,7-10H2,1H3;1H. The summed E-state index contributed by atoms with van der Waals surface area (Å²) in [5, 5.41) is 3.32. The van der Waals surface area contributed by atoms with Crippen LogP contribution in [-0.2, 0) is 10.0 Å². The van der Waals surface area contributed by atoms with Crippen LogP contribution in [0.1, 0.15) is 19.8 Å². The van der Waals surface area contributed by atoms with Gasteiger partial charge in [0.25, 0.3) is 0 Å². The third-order valence-corrected chi connectivity index (χ3v) is 5.44. The first kappa shape index (κ1) is 17.9. The summed E-state index contributed by atoms with van der Waals surface area (Å²) in [6.07, 6.45) is 2.14. The number of hydrogen-bond acceptors (Lipinski definition) is 3. The zero-order valence-corrected chi connectivity index (χ0v) is 14.6. The molecule has 1 aromatic carbocycles. The minimum Gasteiger partial charge on any atom is -0.316 e. The van der Waals surface area contributed by atoms with E-state index < -0.39 is 10.0 Å². The normalized spacial score (nSPS) is 23.1. The number of piperidine rings is 1. The molecule has 2 N–H and O–H groups in total. The Balaban J connectivity index is 0.00000200. The van der Waals surface area contributed by atoms with Crippen LogP contribution in [0.25, 0.3) is 0 Å². The van der Waals surface area contributed by atoms with Crippen molar-refractivity contribution >= 4 is 38.4 Å². The summed E-state index contributed by atoms with van der Waals surface area (Å²) in [6, 6.07) is 6.68. The maximum Gasteiger partial charge on any atom is 0.240 e. The second-order valence-corrected chi connectivity index (χ2v) is 8.05. The summed E-state index contributed by atoms with van der Waals surface area (Å²) in [6.45, 7) is 4.46. The van der Waals surface area contributed by atoms with Crippen LogP contribution in [0.3, 0.4) is 0 Å². The van der Waals surface area contributed by atoms with E-state index in [1.807, 2.05) is 0 Å². The smallest absolute Gasteiger partial charge is 0.240 e. The van der Waals surface area contributed by atoms with E-state index in [9.17, 15) is 8.42 Å². The lowest BCUT2D eigenvalue weighted by Crippen LogP contribution is -2.45. The Morgan fingerprint density at radius 3 is 2.55 bits per heavy atom. The van der Waals surface area contributed by atoms with Crippen molar-refractivity contribution in [2.75, 3.05) is 19.6 Å². The fraction of sp³-hybridized carbons (Fsp3) is 0.538. The van der Waals surface area contributed by atoms with Crippen molar-refractivity contribution < 1.29 is 8.42 Å². The average molecular weight is 384 g/mol. The molecule has 1 saturated heterocycles. The van der Waals surface area contributed by atoms with Crippen LogP contribution in [0.15, 0.2) is 33.6 Å². The number of nitrogens with one attached hydrogen (secondary N) is 2. The molecule has 0 spiro atoms. The van der Waals surface area contributed by atoms with Crippen molar-refractivity contribution in [2.24, 2.45) is 5.41 Å². The summed E-state index contributed by atoms with van der Waals surface area (Å²) in [7, 11) is -3.41. The molecule has 1 heterocycles. The molecular weight excluding hydrogens is 364 g/mol. The molecule has 1 aromatic rings. The minimum absolute atomic E-state index is 0. The van der Waals surface area contributed by atoms with E-state index in [2.05, 4.69) is 32.9 Å². The fourth-order valence-corrected chi connectivity index (χ4v) is 3.70. The summed E-state index contributed by atoms with van der Waals surface area (Å²) in [5.41, 5.74) is 0.000678. The van der Waals surface area contributed by atoms with Crippen LogP contribution in [-0.4, -0.2) is 28.1 Å². The van der Waals surface area contributed by atoms with E-state index in [4.69, 9.17) is 0 Å². The SMILES string of the molecule is CC1(CNS(=O)(=O)c2ccc(Br)cc2)CCCNC1.Cl. The highest BCUT2D eigenvalue weighted by molar-refractivity contribution is 9.10. The highest BCUT2D eigenvalue weighted by atomic mass is 79.9. The maximum atomic E-state index is 12.2. The molecule has 0 bridgehead atoms. The third-order valence-electron chi connectivity index (χ3n) is 3.50. The van der Waals surface area contributed by atoms with Gasteiger partial charge in [0.15, 0.2) is 0 Å². The van der Waals surface area contributed by atoms with Crippen LogP contribution in [0.2, 0.25) is 0 Å². The van der Waals surface area contributed by atoms with Gasteiger partial charge in [-0.1, -0.05) is 22.9 Å². The molecule has 0 aliphatic carbocycles. The average Bonchev–Trinajstić information content (AvgIpc) is 2.38. The Morgan fingerprint density at radius 2 is 2.00 bits per heavy atom. The van der Waals surface area contributed by atoms with Gasteiger partial charge in [-0.15, -0.1) is 12.4 Å². The molecule has 1 aliphatic rings. The van der Waals surface area contributed by atoms with Crippen LogP contribution in [0, 0.1) is 5.41 Å². The van der Waals surface area contributed by atoms with Crippen molar-refractivity contribution in [3.63, 3.8) is 0 Å². The quantitative estimate of drug-likeness (QED) is 0.840. The summed E-state index contributed by atoms with van der Waals surface area (Å²) in [5.74, 6) is 0. The molecule has 114 valence electrons. The molecule has 20 heavy (non-hydrogen) atoms. The monoisotopic (exact) mass is 382 g/mol. The number of halogens is 2. The van der Waals surface area contributed by atoms with Gasteiger partial charge < -0.3 is 5.32 Å². The lowest BCUT2D eigenvalue weighted by Gasteiger charge is -2.34. The molecule has 1 atom stereocenters. The molecule has 0 radical (unpaired) electrons. The van der Waals surface area contributed by atoms with Gasteiger partial charge in [0.2, 0.25) is 10.0 Å². The van der Waals surface area contributed by atoms with E-state index in [-0.39, 0.29) is 17.8 Å². The van der Waals surface area contributed by atoms with Crippen LogP contribution < -0.4 is 10.0 Å². The first-order chi connectivity index (χ1) is 8.91. The Kier molecular flexibility index (Phi) is 6.47. The van der Waals surface area contributed by atoms with Crippen LogP contribution >= 0.6 is 28.3 Å². The number of rotatable bonds is 4. The van der Waals surface area contributed by atoms with Gasteiger partial charge in [-0.25, -0.2) is 13.1 Å². The predicted molar refractivity (Wildman–Crippen MR) is 86.8 cm³/mol. The van der Waals surface area contributed by atoms with Gasteiger partial charge in [0.1, 0.15) is 0 Å². The molecule has 1 unspecified atom stereocenters. The second-order valence-electron chi connectivity index (χ2n) is 5.37. The topological polar surface area (TPSA) is 58.2 Å². The third kappa shape index (κ3) is 4.70. The zero-order chi connectivity index (χ0) is 13.9. The van der Waals surface area contributed by atoms with Crippen molar-refractivity contribution in [1.82, 2.24) is 10.0 Å². The Hall–Kier alpha value is -0.140. The van der Waals surface area contributed by atoms with Crippen LogP contribution in [0.4, 0.5) is 0 Å². The number of hydrogen-bond donors (Lipinski definition) is 2. The van der Waals surface area contributed by atoms with E-state index in [0.717, 1.165) is 30.4 Å². The molecule has 1 aliphatic heterocycles. The first-order valence-electron chi connectivity index (χ1n) is 6.37. The summed E-state index contributed by atoms with van der Waals surface area (Å²) >= 11 is 3.30. The molecule has 0 saturated carbocycles. The molecule has 4 nitrogen and oxygen atoms in total. The highest BCUT2D eigenvalue weighted by Gasteiger charge is 2.28. The number of sulfonamides is 1. The number of benzene rings is 1. The van der Waals surface area contributed by atoms with E-state index in [1.54, 1.807) is 24.3 Å². The lowest BCUT2D eigenvalue weighted by atomic mass is 9.83. The Morgan fingerprint density at radius 1 is 1.35 bits per heavy atom. The Bertz CT molecular complexity index is 528. The van der Waals surface area contributed by atoms with Gasteiger partial charge >= 0.3 is 0 Å². The van der Waals surface area contributed by atoms with Crippen molar-refractivity contribution in [2.45, 2.75) is 24.7 Å². The van der Waals surface area contributed by atoms with Gasteiger partial charge in [-0.3, -0.25) is 0 Å². The summed E-state index contributed by atoms with van der Waals surface area (Å²) in [4.78, 5) is 0.308. The minimum atomic E-state index is -3.41. The molecule has 1 fully saturated rings. The maximum absolute atomic E-state index is 12.2. The highest BCUT2D eigenvalue weighted by Crippen LogP contribution is 2.25. The van der Waals surface area contributed by atoms with E-state index in [1.165, 1.54) is 0 Å². The second kappa shape index (κ2) is 7.22. The summed E-state index contributed by atoms with van der Waals surface area (Å²) < 4.78 is 28.0. The van der Waals surface area contributed by atoms with Crippen molar-refractivity contribution in [3.8, 4) is 0 Å². The van der Waals surface area contributed by atoms with Gasteiger partial charge in [-0.2, -0.15) is 0 Å². The predicted octanol–water partition coefficient (Wildman–Crippen LogP) is 2.54. The van der Waals surface area contributed by atoms with Gasteiger partial charge in [0, 0.05) is 17.6 Å². The van der Waals surface area contributed by atoms with Crippen molar-refractivity contribution in [3.05, 3.63) is 28.7 Å². The zero-order valence-electron chi connectivity index (χ0n) is 11.4. The lowest BCUT2D eigenvalue weighted by molar-refractivity contribution is 0.238. The molecule has 2 rings (SSSR count). The first-order valence-corrected chi connectivity index (χ1v) is 8.65. The fourth-order valence-electron chi connectivity index (χ4n) is 2.24. The van der Waals surface area contributed by atoms with Gasteiger partial charge in [0.05, 0.1) is 4.90 Å². The van der Waals surface area contributed by atoms with E-state index >= 15 is 0 Å².